The van der Waals surface area contributed by atoms with Crippen LogP contribution in [0.2, 0.25) is 0 Å². The van der Waals surface area contributed by atoms with Crippen molar-refractivity contribution in [3.8, 4) is 0 Å². The highest BCUT2D eigenvalue weighted by Crippen LogP contribution is 2.41. The van der Waals surface area contributed by atoms with E-state index in [0.717, 1.165) is 22.5 Å². The lowest BCUT2D eigenvalue weighted by Gasteiger charge is -2.56. The van der Waals surface area contributed by atoms with Crippen LogP contribution in [0.1, 0.15) is 43.2 Å². The molecule has 4 N–H and O–H groups in total. The van der Waals surface area contributed by atoms with Gasteiger partial charge >= 0.3 is 16.4 Å². The highest BCUT2D eigenvalue weighted by atomic mass is 32.3. The van der Waals surface area contributed by atoms with Crippen LogP contribution >= 0.6 is 11.3 Å². The van der Waals surface area contributed by atoms with Crippen LogP contribution in [0.25, 0.3) is 0 Å². The Labute approximate surface area is 262 Å². The van der Waals surface area contributed by atoms with Crippen LogP contribution in [0.5, 0.6) is 0 Å². The molecule has 2 aliphatic rings. The standard InChI is InChI=1S/C27H27N5O10S2.CH4/c28-26-29-19(16-43-26)21(24(34)30-23-25(35)32(42-44(36,37)38)27(23)11-13-39-14-12-27)31-40-15-20(33)41-22(17-7-3-1-4-8-17)18-9-5-2-6-10-18;/h1-10,16,22-23H,11-15H2,(H2,28,29)(H,30,34)(H,36,37,38);1H4/b31-21-;. The maximum Gasteiger partial charge on any atom is 0.418 e. The van der Waals surface area contributed by atoms with Gasteiger partial charge in [-0.15, -0.1) is 15.6 Å². The summed E-state index contributed by atoms with van der Waals surface area (Å²) in [6.07, 6.45) is -0.532. The molecule has 1 spiro atoms. The molecule has 0 saturated carbocycles. The predicted octanol–water partition coefficient (Wildman–Crippen LogP) is 2.03. The highest BCUT2D eigenvalue weighted by molar-refractivity contribution is 7.80. The molecule has 1 atom stereocenters. The fourth-order valence-corrected chi connectivity index (χ4v) is 5.89. The number of ether oxygens (including phenoxy) is 2. The third-order valence-corrected chi connectivity index (χ3v) is 7.97. The van der Waals surface area contributed by atoms with E-state index in [9.17, 15) is 22.8 Å². The van der Waals surface area contributed by atoms with Gasteiger partial charge in [-0.1, -0.05) is 73.2 Å². The number of nitrogens with two attached hydrogens (primary N) is 1. The van der Waals surface area contributed by atoms with Crippen molar-refractivity contribution in [2.75, 3.05) is 25.6 Å². The van der Waals surface area contributed by atoms with Crippen LogP contribution in [0.4, 0.5) is 5.13 Å². The van der Waals surface area contributed by atoms with Gasteiger partial charge in [0.2, 0.25) is 6.61 Å². The van der Waals surface area contributed by atoms with Gasteiger partial charge in [0.15, 0.2) is 16.9 Å². The van der Waals surface area contributed by atoms with Gasteiger partial charge in [0.1, 0.15) is 17.3 Å². The lowest BCUT2D eigenvalue weighted by molar-refractivity contribution is -0.240. The van der Waals surface area contributed by atoms with Crippen molar-refractivity contribution in [2.24, 2.45) is 5.16 Å². The number of anilines is 1. The summed E-state index contributed by atoms with van der Waals surface area (Å²) in [6, 6.07) is 16.9. The molecule has 0 bridgehead atoms. The average Bonchev–Trinajstić information content (AvgIpc) is 3.45. The maximum absolute atomic E-state index is 13.4. The number of nitrogen functional groups attached to an aromatic ring is 1. The lowest BCUT2D eigenvalue weighted by atomic mass is 9.74. The van der Waals surface area contributed by atoms with E-state index in [1.807, 2.05) is 60.7 Å². The number of β-lactam (4-membered cyclic amide) rings is 1. The summed E-state index contributed by atoms with van der Waals surface area (Å²) in [4.78, 5) is 48.4. The number of thiazole rings is 1. The van der Waals surface area contributed by atoms with Crippen molar-refractivity contribution < 1.29 is 45.9 Å². The van der Waals surface area contributed by atoms with E-state index < -0.39 is 58.2 Å². The summed E-state index contributed by atoms with van der Waals surface area (Å²) in [5, 5.41) is 8.41. The number of amides is 2. The Morgan fingerprint density at radius 1 is 1.13 bits per heavy atom. The first-order valence-corrected chi connectivity index (χ1v) is 15.4. The lowest BCUT2D eigenvalue weighted by Crippen LogP contribution is -2.80. The quantitative estimate of drug-likeness (QED) is 0.0887. The topological polar surface area (TPSA) is 209 Å². The molecule has 2 aromatic carbocycles. The van der Waals surface area contributed by atoms with Crippen LogP contribution < -0.4 is 11.1 Å². The van der Waals surface area contributed by atoms with Gasteiger partial charge in [0.05, 0.1) is 0 Å². The van der Waals surface area contributed by atoms with Gasteiger partial charge < -0.3 is 25.4 Å². The van der Waals surface area contributed by atoms with Crippen molar-refractivity contribution in [3.63, 3.8) is 0 Å². The van der Waals surface area contributed by atoms with Gasteiger partial charge in [-0.3, -0.25) is 14.1 Å². The Kier molecular flexibility index (Phi) is 10.5. The summed E-state index contributed by atoms with van der Waals surface area (Å²) in [7, 11) is -5.02. The number of benzene rings is 2. The van der Waals surface area contributed by atoms with E-state index in [1.165, 1.54) is 5.38 Å². The molecule has 240 valence electrons. The number of nitrogens with one attached hydrogen (secondary N) is 1. The van der Waals surface area contributed by atoms with Gasteiger partial charge in [-0.05, 0) is 24.0 Å². The zero-order chi connectivity index (χ0) is 31.3. The predicted molar refractivity (Wildman–Crippen MR) is 161 cm³/mol. The zero-order valence-corrected chi connectivity index (χ0v) is 24.5. The minimum atomic E-state index is -5.02. The molecule has 45 heavy (non-hydrogen) atoms. The van der Waals surface area contributed by atoms with E-state index in [0.29, 0.717) is 5.06 Å². The highest BCUT2D eigenvalue weighted by Gasteiger charge is 2.64. The summed E-state index contributed by atoms with van der Waals surface area (Å²) in [6.45, 7) is -0.411. The third-order valence-electron chi connectivity index (χ3n) is 6.96. The summed E-state index contributed by atoms with van der Waals surface area (Å²) >= 11 is 1.01. The Morgan fingerprint density at radius 2 is 1.73 bits per heavy atom. The first-order chi connectivity index (χ1) is 21.1. The van der Waals surface area contributed by atoms with Crippen molar-refractivity contribution >= 4 is 50.4 Å². The van der Waals surface area contributed by atoms with Gasteiger partial charge in [0.25, 0.3) is 11.8 Å². The second kappa shape index (κ2) is 14.1. The number of carbonyl (C=O) groups is 3. The van der Waals surface area contributed by atoms with E-state index in [4.69, 9.17) is 24.6 Å². The third kappa shape index (κ3) is 7.63. The van der Waals surface area contributed by atoms with E-state index in [1.54, 1.807) is 0 Å². The van der Waals surface area contributed by atoms with E-state index in [-0.39, 0.29) is 44.3 Å². The average molecular weight is 662 g/mol. The summed E-state index contributed by atoms with van der Waals surface area (Å²) < 4.78 is 47.4. The number of nitrogens with zero attached hydrogens (tertiary/aromatic N) is 3. The number of rotatable bonds is 11. The fraction of sp³-hybridized carbons (Fsp3) is 0.321. The first-order valence-electron chi connectivity index (χ1n) is 13.2. The van der Waals surface area contributed by atoms with Crippen LogP contribution in [-0.2, 0) is 43.4 Å². The Morgan fingerprint density at radius 3 is 2.27 bits per heavy atom. The molecule has 3 heterocycles. The van der Waals surface area contributed by atoms with Crippen molar-refractivity contribution in [3.05, 3.63) is 82.9 Å². The smallest absolute Gasteiger partial charge is 0.418 e. The van der Waals surface area contributed by atoms with Crippen LogP contribution in [0.15, 0.2) is 71.2 Å². The molecule has 1 aromatic heterocycles. The van der Waals surface area contributed by atoms with Gasteiger partial charge in [0, 0.05) is 18.6 Å². The number of hydrogen-bond donors (Lipinski definition) is 3. The SMILES string of the molecule is C.Nc1nc(/C(=N/OCC(=O)OC(c2ccccc2)c2ccccc2)C(=O)NC2C(=O)N(OS(=O)(=O)O)C23CCOCC3)cs1. The molecule has 0 aliphatic carbocycles. The second-order valence-corrected chi connectivity index (χ2v) is 11.6. The Balaban J connectivity index is 0.00000461. The van der Waals surface area contributed by atoms with Crippen molar-refractivity contribution in [1.82, 2.24) is 15.4 Å². The van der Waals surface area contributed by atoms with Gasteiger partial charge in [-0.25, -0.2) is 9.78 Å². The molecule has 0 radical (unpaired) electrons. The number of carbonyl (C=O) groups excluding carboxylic acids is 3. The first kappa shape index (κ1) is 33.5. The molecule has 1 unspecified atom stereocenters. The molecule has 15 nitrogen and oxygen atoms in total. The Hall–Kier alpha value is -4.42. The maximum atomic E-state index is 13.4. The van der Waals surface area contributed by atoms with Crippen LogP contribution in [0.3, 0.4) is 0 Å². The summed E-state index contributed by atoms with van der Waals surface area (Å²) in [5.74, 6) is -2.63. The number of hydrogen-bond acceptors (Lipinski definition) is 13. The van der Waals surface area contributed by atoms with Crippen LogP contribution in [0, 0.1) is 0 Å². The number of esters is 1. The minimum absolute atomic E-state index is 0. The molecule has 2 amide bonds. The molecule has 3 aromatic rings. The number of oxime groups is 1. The molecule has 2 fully saturated rings. The largest absolute Gasteiger partial charge is 0.450 e. The van der Waals surface area contributed by atoms with Gasteiger partial charge in [-0.2, -0.15) is 13.5 Å². The molecular weight excluding hydrogens is 630 g/mol. The number of hydroxylamine groups is 2. The second-order valence-electron chi connectivity index (χ2n) is 9.73. The normalized spacial score (nSPS) is 17.7. The monoisotopic (exact) mass is 661 g/mol. The van der Waals surface area contributed by atoms with Crippen molar-refractivity contribution in [1.29, 1.82) is 0 Å². The Bertz CT molecular complexity index is 1600. The molecule has 5 rings (SSSR count). The molecule has 2 saturated heterocycles. The fourth-order valence-electron chi connectivity index (χ4n) is 4.94. The minimum Gasteiger partial charge on any atom is -0.450 e. The van der Waals surface area contributed by atoms with E-state index >= 15 is 0 Å². The molecular formula is C28H31N5O10S2. The number of aromatic nitrogens is 1. The van der Waals surface area contributed by atoms with E-state index in [2.05, 4.69) is 19.7 Å². The molecule has 17 heteroatoms. The zero-order valence-electron chi connectivity index (χ0n) is 22.9. The van der Waals surface area contributed by atoms with Crippen molar-refractivity contribution in [2.45, 2.75) is 38.0 Å². The van der Waals surface area contributed by atoms with Crippen LogP contribution in [-0.4, -0.2) is 77.9 Å². The molecule has 2 aliphatic heterocycles. The summed E-state index contributed by atoms with van der Waals surface area (Å²) in [5.41, 5.74) is 5.48.